The first-order chi connectivity index (χ1) is 10.1. The van der Waals surface area contributed by atoms with E-state index in [1.54, 1.807) is 0 Å². The molecule has 2 N–H and O–H groups in total. The van der Waals surface area contributed by atoms with Gasteiger partial charge >= 0.3 is 0 Å². The summed E-state index contributed by atoms with van der Waals surface area (Å²) >= 11 is 0. The van der Waals surface area contributed by atoms with Gasteiger partial charge in [-0.15, -0.1) is 0 Å². The van der Waals surface area contributed by atoms with E-state index in [9.17, 15) is 0 Å². The number of aromatic nitrogens is 1. The Bertz CT molecular complexity index is 635. The zero-order chi connectivity index (χ0) is 14.8. The summed E-state index contributed by atoms with van der Waals surface area (Å²) in [7, 11) is 0. The molecule has 1 atom stereocenters. The Morgan fingerprint density at radius 1 is 0.952 bits per heavy atom. The van der Waals surface area contributed by atoms with Crippen LogP contribution in [0, 0.1) is 13.8 Å². The van der Waals surface area contributed by atoms with Crippen molar-refractivity contribution in [1.29, 1.82) is 0 Å². The molecule has 0 spiro atoms. The monoisotopic (exact) mass is 284 g/mol. The predicted octanol–water partition coefficient (Wildman–Crippen LogP) is 2.91. The number of nitrogens with two attached hydrogens (primary N) is 1. The zero-order valence-corrected chi connectivity index (χ0v) is 12.4. The highest BCUT2D eigenvalue weighted by atomic mass is 16.5. The first-order valence-electron chi connectivity index (χ1n) is 7.24. The van der Waals surface area contributed by atoms with Crippen LogP contribution in [0.2, 0.25) is 0 Å². The number of benzene rings is 1. The summed E-state index contributed by atoms with van der Waals surface area (Å²) in [6.45, 7) is 5.34. The number of hydrogen-bond donors (Lipinski definition) is 1. The third-order valence-corrected chi connectivity index (χ3v) is 3.59. The average Bonchev–Trinajstić information content (AvgIpc) is 2.69. The van der Waals surface area contributed by atoms with E-state index in [0.29, 0.717) is 13.2 Å². The van der Waals surface area contributed by atoms with Crippen molar-refractivity contribution in [3.8, 4) is 11.5 Å². The van der Waals surface area contributed by atoms with Crippen molar-refractivity contribution < 1.29 is 9.47 Å². The number of rotatable bonds is 2. The van der Waals surface area contributed by atoms with Gasteiger partial charge in [0.15, 0.2) is 11.5 Å². The maximum Gasteiger partial charge on any atom is 0.161 e. The molecule has 21 heavy (non-hydrogen) atoms. The van der Waals surface area contributed by atoms with Crippen molar-refractivity contribution in [1.82, 2.24) is 4.98 Å². The summed E-state index contributed by atoms with van der Waals surface area (Å²) in [5, 5.41) is 0. The van der Waals surface area contributed by atoms with Crippen molar-refractivity contribution in [2.75, 3.05) is 13.2 Å². The molecule has 4 nitrogen and oxygen atoms in total. The second kappa shape index (κ2) is 5.74. The molecule has 0 amide bonds. The summed E-state index contributed by atoms with van der Waals surface area (Å²) < 4.78 is 11.4. The van der Waals surface area contributed by atoms with Crippen molar-refractivity contribution in [2.45, 2.75) is 26.3 Å². The quantitative estimate of drug-likeness (QED) is 0.921. The average molecular weight is 284 g/mol. The van der Waals surface area contributed by atoms with E-state index in [4.69, 9.17) is 15.2 Å². The number of hydrogen-bond acceptors (Lipinski definition) is 4. The molecule has 0 aliphatic carbocycles. The van der Waals surface area contributed by atoms with Crippen molar-refractivity contribution >= 4 is 0 Å². The number of ether oxygens (including phenoxy) is 2. The minimum Gasteiger partial charge on any atom is -0.490 e. The van der Waals surface area contributed by atoms with Gasteiger partial charge in [0.05, 0.1) is 19.3 Å². The molecule has 2 heterocycles. The van der Waals surface area contributed by atoms with Crippen molar-refractivity contribution in [2.24, 2.45) is 5.73 Å². The maximum atomic E-state index is 6.40. The van der Waals surface area contributed by atoms with Crippen LogP contribution in [0.15, 0.2) is 30.3 Å². The van der Waals surface area contributed by atoms with Crippen LogP contribution in [0.4, 0.5) is 0 Å². The van der Waals surface area contributed by atoms with Crippen LogP contribution < -0.4 is 15.2 Å². The summed E-state index contributed by atoms with van der Waals surface area (Å²) in [5.41, 5.74) is 10.4. The second-order valence-corrected chi connectivity index (χ2v) is 5.42. The zero-order valence-electron chi connectivity index (χ0n) is 12.4. The summed E-state index contributed by atoms with van der Waals surface area (Å²) in [6.07, 6.45) is 0.902. The van der Waals surface area contributed by atoms with Gasteiger partial charge < -0.3 is 15.2 Å². The number of nitrogens with zero attached hydrogens (tertiary/aromatic N) is 1. The molecule has 0 fully saturated rings. The van der Waals surface area contributed by atoms with Crippen molar-refractivity contribution in [3.05, 3.63) is 52.8 Å². The smallest absolute Gasteiger partial charge is 0.161 e. The lowest BCUT2D eigenvalue weighted by Crippen LogP contribution is -2.13. The molecular weight excluding hydrogens is 264 g/mol. The molecule has 0 radical (unpaired) electrons. The van der Waals surface area contributed by atoms with Gasteiger partial charge in [-0.05, 0) is 49.2 Å². The van der Waals surface area contributed by atoms with Crippen LogP contribution in [0.5, 0.6) is 11.5 Å². The summed E-state index contributed by atoms with van der Waals surface area (Å²) in [4.78, 5) is 4.39. The van der Waals surface area contributed by atoms with Crippen LogP contribution in [0.1, 0.15) is 35.0 Å². The molecule has 1 aromatic carbocycles. The molecule has 0 saturated heterocycles. The molecular formula is C17H20N2O2. The van der Waals surface area contributed by atoms with Gasteiger partial charge in [-0.2, -0.15) is 0 Å². The fraction of sp³-hybridized carbons (Fsp3) is 0.353. The molecule has 110 valence electrons. The normalized spacial score (nSPS) is 15.4. The summed E-state index contributed by atoms with van der Waals surface area (Å²) in [6, 6.07) is 9.79. The first-order valence-corrected chi connectivity index (χ1v) is 7.24. The van der Waals surface area contributed by atoms with Crippen LogP contribution in [0.25, 0.3) is 0 Å². The Hall–Kier alpha value is -2.07. The molecule has 4 heteroatoms. The van der Waals surface area contributed by atoms with E-state index in [0.717, 1.165) is 40.4 Å². The molecule has 1 aliphatic heterocycles. The van der Waals surface area contributed by atoms with E-state index in [-0.39, 0.29) is 6.04 Å². The Balaban J connectivity index is 1.94. The number of pyridine rings is 1. The molecule has 1 aromatic heterocycles. The predicted molar refractivity (Wildman–Crippen MR) is 81.8 cm³/mol. The van der Waals surface area contributed by atoms with Gasteiger partial charge in [0.25, 0.3) is 0 Å². The Morgan fingerprint density at radius 2 is 1.62 bits per heavy atom. The molecule has 3 rings (SSSR count). The third kappa shape index (κ3) is 3.00. The largest absolute Gasteiger partial charge is 0.490 e. The van der Waals surface area contributed by atoms with E-state index >= 15 is 0 Å². The summed E-state index contributed by atoms with van der Waals surface area (Å²) in [5.74, 6) is 1.58. The first kappa shape index (κ1) is 13.9. The maximum absolute atomic E-state index is 6.40. The number of fused-ring (bicyclic) bond motifs is 1. The van der Waals surface area contributed by atoms with E-state index in [1.165, 1.54) is 0 Å². The van der Waals surface area contributed by atoms with Gasteiger partial charge in [-0.3, -0.25) is 4.98 Å². The molecule has 1 unspecified atom stereocenters. The fourth-order valence-corrected chi connectivity index (χ4v) is 2.61. The van der Waals surface area contributed by atoms with Crippen LogP contribution >= 0.6 is 0 Å². The van der Waals surface area contributed by atoms with E-state index in [2.05, 4.69) is 4.98 Å². The SMILES string of the molecule is Cc1cc(C(N)c2ccc3c(c2)OCCCO3)cc(C)n1. The highest BCUT2D eigenvalue weighted by Gasteiger charge is 2.15. The molecule has 2 aromatic rings. The van der Waals surface area contributed by atoms with Gasteiger partial charge in [0.1, 0.15) is 0 Å². The minimum absolute atomic E-state index is 0.192. The second-order valence-electron chi connectivity index (χ2n) is 5.42. The van der Waals surface area contributed by atoms with Crippen LogP contribution in [-0.4, -0.2) is 18.2 Å². The van der Waals surface area contributed by atoms with E-state index < -0.39 is 0 Å². The highest BCUT2D eigenvalue weighted by molar-refractivity contribution is 5.46. The van der Waals surface area contributed by atoms with E-state index in [1.807, 2.05) is 44.2 Å². The Labute approximate surface area is 124 Å². The topological polar surface area (TPSA) is 57.4 Å². The third-order valence-electron chi connectivity index (χ3n) is 3.59. The van der Waals surface area contributed by atoms with Gasteiger partial charge in [0.2, 0.25) is 0 Å². The lowest BCUT2D eigenvalue weighted by atomic mass is 9.98. The lowest BCUT2D eigenvalue weighted by Gasteiger charge is -2.16. The molecule has 1 aliphatic rings. The molecule has 0 saturated carbocycles. The molecule has 0 bridgehead atoms. The van der Waals surface area contributed by atoms with Gasteiger partial charge in [0, 0.05) is 17.8 Å². The van der Waals surface area contributed by atoms with Gasteiger partial charge in [-0.25, -0.2) is 0 Å². The Morgan fingerprint density at radius 3 is 2.33 bits per heavy atom. The Kier molecular flexibility index (Phi) is 3.80. The highest BCUT2D eigenvalue weighted by Crippen LogP contribution is 2.33. The standard InChI is InChI=1S/C17H20N2O2/c1-11-8-14(9-12(2)19-11)17(18)13-4-5-15-16(10-13)21-7-3-6-20-15/h4-5,8-10,17H,3,6-7,18H2,1-2H3. The van der Waals surface area contributed by atoms with Crippen molar-refractivity contribution in [3.63, 3.8) is 0 Å². The number of aryl methyl sites for hydroxylation is 2. The van der Waals surface area contributed by atoms with Crippen LogP contribution in [-0.2, 0) is 0 Å². The minimum atomic E-state index is -0.192. The van der Waals surface area contributed by atoms with Crippen LogP contribution in [0.3, 0.4) is 0 Å². The lowest BCUT2D eigenvalue weighted by molar-refractivity contribution is 0.297. The fourth-order valence-electron chi connectivity index (χ4n) is 2.61. The van der Waals surface area contributed by atoms with Gasteiger partial charge in [-0.1, -0.05) is 6.07 Å².